The van der Waals surface area contributed by atoms with E-state index in [1.807, 2.05) is 37.3 Å². The van der Waals surface area contributed by atoms with Crippen LogP contribution < -0.4 is 23.8 Å². The normalized spacial score (nSPS) is 11.9. The van der Waals surface area contributed by atoms with Crippen LogP contribution >= 0.6 is 11.6 Å². The van der Waals surface area contributed by atoms with Crippen molar-refractivity contribution in [1.29, 1.82) is 0 Å². The second kappa shape index (κ2) is 12.0. The number of sulfonamides is 1. The number of carbonyl (C=O) groups is 1. The Hall–Kier alpha value is -3.43. The van der Waals surface area contributed by atoms with Crippen molar-refractivity contribution in [3.8, 4) is 17.2 Å². The molecular weight excluding hydrogens is 504 g/mol. The highest BCUT2D eigenvalue weighted by atomic mass is 35.5. The van der Waals surface area contributed by atoms with Crippen molar-refractivity contribution in [3.63, 3.8) is 0 Å². The number of amides is 1. The molecule has 0 spiro atoms. The molecule has 8 nitrogen and oxygen atoms in total. The van der Waals surface area contributed by atoms with Crippen molar-refractivity contribution in [3.05, 3.63) is 77.3 Å². The van der Waals surface area contributed by atoms with Crippen LogP contribution in [-0.2, 0) is 14.8 Å². The summed E-state index contributed by atoms with van der Waals surface area (Å²) in [5.74, 6) is 0.356. The first-order chi connectivity index (χ1) is 17.2. The van der Waals surface area contributed by atoms with E-state index < -0.39 is 22.5 Å². The molecule has 3 aromatic rings. The minimum absolute atomic E-state index is 0.0925. The van der Waals surface area contributed by atoms with Gasteiger partial charge in [0.2, 0.25) is 5.91 Å². The van der Waals surface area contributed by atoms with E-state index in [0.29, 0.717) is 12.2 Å². The third kappa shape index (κ3) is 6.03. The minimum atomic E-state index is -4.26. The molecule has 0 aliphatic heterocycles. The number of nitrogens with one attached hydrogen (secondary N) is 1. The smallest absolute Gasteiger partial charge is 0.265 e. The number of carbonyl (C=O) groups excluding carboxylic acids is 1. The summed E-state index contributed by atoms with van der Waals surface area (Å²) in [6, 6.07) is 18.0. The molecule has 0 aliphatic rings. The van der Waals surface area contributed by atoms with Crippen LogP contribution in [0.3, 0.4) is 0 Å². The van der Waals surface area contributed by atoms with Crippen LogP contribution in [0.15, 0.2) is 71.6 Å². The van der Waals surface area contributed by atoms with Crippen molar-refractivity contribution < 1.29 is 27.4 Å². The van der Waals surface area contributed by atoms with Crippen LogP contribution in [0.4, 0.5) is 5.69 Å². The first kappa shape index (κ1) is 27.2. The molecule has 0 fully saturated rings. The van der Waals surface area contributed by atoms with Gasteiger partial charge in [0.05, 0.1) is 38.0 Å². The van der Waals surface area contributed by atoms with Crippen molar-refractivity contribution in [2.45, 2.75) is 24.3 Å². The first-order valence-electron chi connectivity index (χ1n) is 11.2. The van der Waals surface area contributed by atoms with Crippen molar-refractivity contribution in [1.82, 2.24) is 5.32 Å². The molecule has 1 amide bonds. The lowest BCUT2D eigenvalue weighted by Gasteiger charge is -2.27. The zero-order valence-electron chi connectivity index (χ0n) is 20.5. The SMILES string of the molecule is CCC(NC(=O)CN(c1cc(Cl)ccc1OC)S(=O)(=O)c1ccc(OC)c(OC)c1)c1ccccc1. The molecule has 0 saturated carbocycles. The van der Waals surface area contributed by atoms with Gasteiger partial charge in [0, 0.05) is 11.1 Å². The Morgan fingerprint density at radius 1 is 0.917 bits per heavy atom. The van der Waals surface area contributed by atoms with E-state index in [0.717, 1.165) is 9.87 Å². The highest BCUT2D eigenvalue weighted by Gasteiger charge is 2.31. The number of ether oxygens (including phenoxy) is 3. The maximum absolute atomic E-state index is 13.9. The summed E-state index contributed by atoms with van der Waals surface area (Å²) >= 11 is 6.21. The molecule has 0 aromatic heterocycles. The fraction of sp³-hybridized carbons (Fsp3) is 0.269. The Morgan fingerprint density at radius 3 is 2.17 bits per heavy atom. The summed E-state index contributed by atoms with van der Waals surface area (Å²) in [7, 11) is 0.0137. The van der Waals surface area contributed by atoms with Gasteiger partial charge in [-0.1, -0.05) is 48.9 Å². The third-order valence-electron chi connectivity index (χ3n) is 5.59. The Kier molecular flexibility index (Phi) is 9.06. The standard InChI is InChI=1S/C26H29ClN2O6S/c1-5-21(18-9-7-6-8-10-18)28-26(30)17-29(22-15-19(27)11-13-23(22)33-2)36(31,32)20-12-14-24(34-3)25(16-20)35-4/h6-16,21H,5,17H2,1-4H3,(H,28,30). The third-order valence-corrected chi connectivity index (χ3v) is 7.58. The summed E-state index contributed by atoms with van der Waals surface area (Å²) in [5.41, 5.74) is 1.05. The van der Waals surface area contributed by atoms with E-state index in [4.69, 9.17) is 25.8 Å². The Balaban J connectivity index is 2.05. The molecule has 0 radical (unpaired) electrons. The molecule has 36 heavy (non-hydrogen) atoms. The van der Waals surface area contributed by atoms with Crippen molar-refractivity contribution in [2.24, 2.45) is 0 Å². The molecular formula is C26H29ClN2O6S. The molecule has 0 bridgehead atoms. The highest BCUT2D eigenvalue weighted by molar-refractivity contribution is 7.92. The highest BCUT2D eigenvalue weighted by Crippen LogP contribution is 2.37. The molecule has 192 valence electrons. The molecule has 0 saturated heterocycles. The monoisotopic (exact) mass is 532 g/mol. The number of hydrogen-bond acceptors (Lipinski definition) is 6. The summed E-state index contributed by atoms with van der Waals surface area (Å²) < 4.78 is 44.7. The van der Waals surface area contributed by atoms with E-state index >= 15 is 0 Å². The van der Waals surface area contributed by atoms with Crippen LogP contribution in [0.1, 0.15) is 24.9 Å². The van der Waals surface area contributed by atoms with Crippen LogP contribution in [0.2, 0.25) is 5.02 Å². The number of anilines is 1. The first-order valence-corrected chi connectivity index (χ1v) is 13.0. The Labute approximate surface area is 216 Å². The number of hydrogen-bond donors (Lipinski definition) is 1. The van der Waals surface area contributed by atoms with Crippen LogP contribution in [0, 0.1) is 0 Å². The minimum Gasteiger partial charge on any atom is -0.495 e. The average molecular weight is 533 g/mol. The molecule has 1 atom stereocenters. The zero-order chi connectivity index (χ0) is 26.3. The van der Waals surface area contributed by atoms with Crippen molar-refractivity contribution >= 4 is 33.2 Å². The molecule has 0 aliphatic carbocycles. The average Bonchev–Trinajstić information content (AvgIpc) is 2.90. The van der Waals surface area contributed by atoms with Gasteiger partial charge in [-0.3, -0.25) is 9.10 Å². The fourth-order valence-electron chi connectivity index (χ4n) is 3.74. The predicted octanol–water partition coefficient (Wildman–Crippen LogP) is 4.83. The van der Waals surface area contributed by atoms with Gasteiger partial charge < -0.3 is 19.5 Å². The van der Waals surface area contributed by atoms with Crippen molar-refractivity contribution in [2.75, 3.05) is 32.2 Å². The van der Waals surface area contributed by atoms with Gasteiger partial charge in [-0.15, -0.1) is 0 Å². The van der Waals surface area contributed by atoms with Gasteiger partial charge >= 0.3 is 0 Å². The lowest BCUT2D eigenvalue weighted by atomic mass is 10.0. The summed E-state index contributed by atoms with van der Waals surface area (Å²) in [5, 5.41) is 3.22. The van der Waals surface area contributed by atoms with E-state index in [1.54, 1.807) is 12.1 Å². The van der Waals surface area contributed by atoms with Gasteiger partial charge in [-0.25, -0.2) is 8.42 Å². The van der Waals surface area contributed by atoms with Gasteiger partial charge in [-0.2, -0.15) is 0 Å². The summed E-state index contributed by atoms with van der Waals surface area (Å²) in [4.78, 5) is 13.1. The zero-order valence-corrected chi connectivity index (χ0v) is 22.1. The molecule has 1 N–H and O–H groups in total. The largest absolute Gasteiger partial charge is 0.495 e. The number of nitrogens with zero attached hydrogens (tertiary/aromatic N) is 1. The predicted molar refractivity (Wildman–Crippen MR) is 140 cm³/mol. The van der Waals surface area contributed by atoms with E-state index in [2.05, 4.69) is 5.32 Å². The number of halogens is 1. The van der Waals surface area contributed by atoms with Gasteiger partial charge in [0.1, 0.15) is 12.3 Å². The fourth-order valence-corrected chi connectivity index (χ4v) is 5.34. The topological polar surface area (TPSA) is 94.2 Å². The summed E-state index contributed by atoms with van der Waals surface area (Å²) in [6.45, 7) is 1.44. The van der Waals surface area contributed by atoms with Gasteiger partial charge in [0.25, 0.3) is 10.0 Å². The second-order valence-corrected chi connectivity index (χ2v) is 10.1. The lowest BCUT2D eigenvalue weighted by molar-refractivity contribution is -0.120. The molecule has 1 unspecified atom stereocenters. The van der Waals surface area contributed by atoms with E-state index in [9.17, 15) is 13.2 Å². The molecule has 3 rings (SSSR count). The number of rotatable bonds is 11. The molecule has 3 aromatic carbocycles. The maximum atomic E-state index is 13.9. The van der Waals surface area contributed by atoms with Crippen LogP contribution in [-0.4, -0.2) is 42.2 Å². The lowest BCUT2D eigenvalue weighted by Crippen LogP contribution is -2.42. The Morgan fingerprint density at radius 2 is 1.56 bits per heavy atom. The second-order valence-electron chi connectivity index (χ2n) is 7.78. The van der Waals surface area contributed by atoms with Crippen LogP contribution in [0.5, 0.6) is 17.2 Å². The summed E-state index contributed by atoms with van der Waals surface area (Å²) in [6.07, 6.45) is 0.624. The van der Waals surface area contributed by atoms with E-state index in [-0.39, 0.29) is 33.1 Å². The molecule has 0 heterocycles. The van der Waals surface area contributed by atoms with Gasteiger partial charge in [-0.05, 0) is 42.3 Å². The number of benzene rings is 3. The maximum Gasteiger partial charge on any atom is 0.265 e. The Bertz CT molecular complexity index is 1300. The van der Waals surface area contributed by atoms with E-state index in [1.165, 1.54) is 45.6 Å². The van der Waals surface area contributed by atoms with Gasteiger partial charge in [0.15, 0.2) is 11.5 Å². The van der Waals surface area contributed by atoms with Crippen LogP contribution in [0.25, 0.3) is 0 Å². The quantitative estimate of drug-likeness (QED) is 0.380. The molecule has 10 heteroatoms. The number of methoxy groups -OCH3 is 3.